The van der Waals surface area contributed by atoms with E-state index in [2.05, 4.69) is 0 Å². The number of hydrogen-bond acceptors (Lipinski definition) is 5. The lowest BCUT2D eigenvalue weighted by molar-refractivity contribution is -0.0940. The fourth-order valence-corrected chi connectivity index (χ4v) is 2.51. The second-order valence-corrected chi connectivity index (χ2v) is 5.02. The first-order valence-corrected chi connectivity index (χ1v) is 7.12. The van der Waals surface area contributed by atoms with Gasteiger partial charge in [0.25, 0.3) is 5.56 Å². The van der Waals surface area contributed by atoms with Gasteiger partial charge < -0.3 is 18.8 Å². The van der Waals surface area contributed by atoms with Crippen molar-refractivity contribution in [1.82, 2.24) is 4.57 Å². The van der Waals surface area contributed by atoms with Crippen LogP contribution in [-0.4, -0.2) is 43.1 Å². The minimum Gasteiger partial charge on any atom is -0.462 e. The summed E-state index contributed by atoms with van der Waals surface area (Å²) in [5.41, 5.74) is 1.54. The molecule has 1 fully saturated rings. The van der Waals surface area contributed by atoms with Crippen LogP contribution in [0.15, 0.2) is 10.9 Å². The Kier molecular flexibility index (Phi) is 5.14. The number of aromatic nitrogens is 1. The third kappa shape index (κ3) is 3.51. The number of carbonyl (C=O) groups is 1. The van der Waals surface area contributed by atoms with Crippen molar-refractivity contribution in [3.63, 3.8) is 0 Å². The number of carbonyl (C=O) groups excluding carboxylic acids is 1. The van der Waals surface area contributed by atoms with Crippen LogP contribution >= 0.6 is 0 Å². The molecular formula is C15H21NO5. The van der Waals surface area contributed by atoms with E-state index in [0.717, 1.165) is 0 Å². The number of aryl methyl sites for hydroxylation is 1. The summed E-state index contributed by atoms with van der Waals surface area (Å²) in [7, 11) is 0. The van der Waals surface area contributed by atoms with Crippen molar-refractivity contribution in [2.45, 2.75) is 33.4 Å². The van der Waals surface area contributed by atoms with Crippen LogP contribution in [-0.2, 0) is 20.8 Å². The second-order valence-electron chi connectivity index (χ2n) is 5.02. The monoisotopic (exact) mass is 295 g/mol. The van der Waals surface area contributed by atoms with Crippen LogP contribution in [0.25, 0.3) is 0 Å². The number of rotatable bonds is 4. The average molecular weight is 295 g/mol. The summed E-state index contributed by atoms with van der Waals surface area (Å²) < 4.78 is 17.5. The van der Waals surface area contributed by atoms with Gasteiger partial charge in [-0.1, -0.05) is 0 Å². The maximum atomic E-state index is 12.2. The first kappa shape index (κ1) is 15.7. The molecular weight excluding hydrogens is 274 g/mol. The Morgan fingerprint density at radius 1 is 1.43 bits per heavy atom. The summed E-state index contributed by atoms with van der Waals surface area (Å²) >= 11 is 0. The van der Waals surface area contributed by atoms with E-state index in [1.165, 1.54) is 6.07 Å². The molecule has 1 aliphatic heterocycles. The highest BCUT2D eigenvalue weighted by atomic mass is 16.6. The number of ether oxygens (including phenoxy) is 3. The van der Waals surface area contributed by atoms with Crippen LogP contribution in [0.2, 0.25) is 0 Å². The Morgan fingerprint density at radius 3 is 2.81 bits per heavy atom. The van der Waals surface area contributed by atoms with Gasteiger partial charge in [0.1, 0.15) is 0 Å². The second kappa shape index (κ2) is 6.87. The van der Waals surface area contributed by atoms with Gasteiger partial charge in [0.05, 0.1) is 44.6 Å². The molecule has 1 aliphatic rings. The highest BCUT2D eigenvalue weighted by molar-refractivity contribution is 5.92. The molecule has 1 unspecified atom stereocenters. The van der Waals surface area contributed by atoms with E-state index in [1.54, 1.807) is 25.3 Å². The average Bonchev–Trinajstić information content (AvgIpc) is 2.44. The molecule has 1 atom stereocenters. The first-order chi connectivity index (χ1) is 10.0. The van der Waals surface area contributed by atoms with Crippen molar-refractivity contribution in [1.29, 1.82) is 0 Å². The number of nitrogens with zero attached hydrogens (tertiary/aromatic N) is 1. The zero-order valence-electron chi connectivity index (χ0n) is 12.7. The van der Waals surface area contributed by atoms with E-state index in [0.29, 0.717) is 49.8 Å². The molecule has 0 aliphatic carbocycles. The van der Waals surface area contributed by atoms with Gasteiger partial charge in [0, 0.05) is 11.8 Å². The number of hydrogen-bond donors (Lipinski definition) is 0. The topological polar surface area (TPSA) is 66.8 Å². The molecule has 0 bridgehead atoms. The molecule has 2 rings (SSSR count). The van der Waals surface area contributed by atoms with Crippen LogP contribution < -0.4 is 5.56 Å². The van der Waals surface area contributed by atoms with Gasteiger partial charge in [-0.3, -0.25) is 4.79 Å². The summed E-state index contributed by atoms with van der Waals surface area (Å²) in [5, 5.41) is 0. The van der Waals surface area contributed by atoms with Crippen molar-refractivity contribution < 1.29 is 19.0 Å². The van der Waals surface area contributed by atoms with Gasteiger partial charge in [0.2, 0.25) is 0 Å². The third-order valence-electron chi connectivity index (χ3n) is 3.52. The fourth-order valence-electron chi connectivity index (χ4n) is 2.51. The molecule has 0 saturated carbocycles. The smallest absolute Gasteiger partial charge is 0.340 e. The molecule has 21 heavy (non-hydrogen) atoms. The highest BCUT2D eigenvalue weighted by Crippen LogP contribution is 2.14. The Labute approximate surface area is 123 Å². The molecule has 116 valence electrons. The Morgan fingerprint density at radius 2 is 2.19 bits per heavy atom. The van der Waals surface area contributed by atoms with Gasteiger partial charge in [-0.2, -0.15) is 0 Å². The summed E-state index contributed by atoms with van der Waals surface area (Å²) in [4.78, 5) is 24.2. The van der Waals surface area contributed by atoms with Gasteiger partial charge in [-0.05, 0) is 26.3 Å². The molecule has 2 heterocycles. The largest absolute Gasteiger partial charge is 0.462 e. The summed E-state index contributed by atoms with van der Waals surface area (Å²) in [6.45, 7) is 7.48. The van der Waals surface area contributed by atoms with E-state index in [4.69, 9.17) is 14.2 Å². The lowest BCUT2D eigenvalue weighted by Crippen LogP contribution is -2.37. The van der Waals surface area contributed by atoms with Crippen molar-refractivity contribution in [3.8, 4) is 0 Å². The first-order valence-electron chi connectivity index (χ1n) is 7.12. The van der Waals surface area contributed by atoms with E-state index >= 15 is 0 Å². The van der Waals surface area contributed by atoms with Crippen LogP contribution in [0.5, 0.6) is 0 Å². The minimum absolute atomic E-state index is 0.146. The summed E-state index contributed by atoms with van der Waals surface area (Å²) in [6.07, 6.45) is -0.173. The molecule has 1 aromatic rings. The normalized spacial score (nSPS) is 18.5. The van der Waals surface area contributed by atoms with Crippen LogP contribution in [0, 0.1) is 13.8 Å². The lowest BCUT2D eigenvalue weighted by atomic mass is 10.1. The van der Waals surface area contributed by atoms with E-state index in [9.17, 15) is 9.59 Å². The molecule has 0 radical (unpaired) electrons. The molecule has 0 aromatic carbocycles. The Hall–Kier alpha value is -1.66. The predicted octanol–water partition coefficient (Wildman–Crippen LogP) is 1.06. The predicted molar refractivity (Wildman–Crippen MR) is 76.7 cm³/mol. The highest BCUT2D eigenvalue weighted by Gasteiger charge is 2.21. The molecule has 0 amide bonds. The summed E-state index contributed by atoms with van der Waals surface area (Å²) in [5.74, 6) is -0.401. The van der Waals surface area contributed by atoms with Crippen LogP contribution in [0.1, 0.15) is 28.5 Å². The van der Waals surface area contributed by atoms with Crippen molar-refractivity contribution in [3.05, 3.63) is 33.2 Å². The maximum Gasteiger partial charge on any atom is 0.340 e. The quantitative estimate of drug-likeness (QED) is 0.777. The van der Waals surface area contributed by atoms with Crippen molar-refractivity contribution in [2.75, 3.05) is 26.4 Å². The van der Waals surface area contributed by atoms with Crippen LogP contribution in [0.4, 0.5) is 0 Å². The van der Waals surface area contributed by atoms with Gasteiger partial charge in [-0.15, -0.1) is 0 Å². The molecule has 0 N–H and O–H groups in total. The molecule has 1 aromatic heterocycles. The standard InChI is InChI=1S/C15H21NO5/c1-4-20-15(18)14-10(2)7-13(17)16(11(14)3)8-12-9-19-5-6-21-12/h7,12H,4-6,8-9H2,1-3H3. The SMILES string of the molecule is CCOC(=O)c1c(C)cc(=O)n(CC2COCCO2)c1C. The van der Waals surface area contributed by atoms with E-state index in [-0.39, 0.29) is 11.7 Å². The van der Waals surface area contributed by atoms with Gasteiger partial charge >= 0.3 is 5.97 Å². The Balaban J connectivity index is 2.34. The number of esters is 1. The van der Waals surface area contributed by atoms with Gasteiger partial charge in [0.15, 0.2) is 0 Å². The van der Waals surface area contributed by atoms with E-state index < -0.39 is 5.97 Å². The Bertz CT molecular complexity index is 572. The van der Waals surface area contributed by atoms with Gasteiger partial charge in [-0.25, -0.2) is 4.79 Å². The van der Waals surface area contributed by atoms with E-state index in [1.807, 2.05) is 0 Å². The van der Waals surface area contributed by atoms with Crippen molar-refractivity contribution >= 4 is 5.97 Å². The zero-order valence-corrected chi connectivity index (χ0v) is 12.7. The number of pyridine rings is 1. The minimum atomic E-state index is -0.401. The zero-order chi connectivity index (χ0) is 15.4. The molecule has 6 nitrogen and oxygen atoms in total. The van der Waals surface area contributed by atoms with Crippen LogP contribution in [0.3, 0.4) is 0 Å². The summed E-state index contributed by atoms with van der Waals surface area (Å²) in [6, 6.07) is 1.46. The molecule has 1 saturated heterocycles. The molecule has 0 spiro atoms. The lowest BCUT2D eigenvalue weighted by Gasteiger charge is -2.25. The molecule has 6 heteroatoms. The third-order valence-corrected chi connectivity index (χ3v) is 3.52. The fraction of sp³-hybridized carbons (Fsp3) is 0.600. The van der Waals surface area contributed by atoms with Crippen molar-refractivity contribution in [2.24, 2.45) is 0 Å². The maximum absolute atomic E-state index is 12.2.